The molecule has 6 heteroatoms. The molecule has 2 aromatic carbocycles. The van der Waals surface area contributed by atoms with E-state index in [2.05, 4.69) is 21.2 Å². The van der Waals surface area contributed by atoms with Gasteiger partial charge in [-0.3, -0.25) is 9.59 Å². The highest BCUT2D eigenvalue weighted by Crippen LogP contribution is 2.35. The van der Waals surface area contributed by atoms with Crippen LogP contribution < -0.4 is 10.1 Å². The van der Waals surface area contributed by atoms with Crippen LogP contribution >= 0.6 is 15.9 Å². The van der Waals surface area contributed by atoms with Gasteiger partial charge in [-0.1, -0.05) is 6.08 Å². The van der Waals surface area contributed by atoms with Gasteiger partial charge >= 0.3 is 0 Å². The number of phenols is 1. The standard InChI is InChI=1S/C19H16BrNO4/c1-25-17-9-11(8-14(20)19(17)24)2-6-16(22)13-3-5-15-12(10-13)4-7-18(23)21-15/h2-3,5-6,8-10,24H,4,7H2,1H3,(H,21,23). The van der Waals surface area contributed by atoms with E-state index in [0.29, 0.717) is 28.6 Å². The summed E-state index contributed by atoms with van der Waals surface area (Å²) in [5, 5.41) is 12.6. The van der Waals surface area contributed by atoms with Gasteiger partial charge in [0.15, 0.2) is 17.3 Å². The number of allylic oxidation sites excluding steroid dienone is 1. The van der Waals surface area contributed by atoms with E-state index in [1.165, 1.54) is 13.2 Å². The summed E-state index contributed by atoms with van der Waals surface area (Å²) in [4.78, 5) is 23.8. The van der Waals surface area contributed by atoms with E-state index in [4.69, 9.17) is 4.74 Å². The van der Waals surface area contributed by atoms with E-state index in [1.54, 1.807) is 30.3 Å². The molecule has 0 fully saturated rings. The fraction of sp³-hybridized carbons (Fsp3) is 0.158. The van der Waals surface area contributed by atoms with Crippen molar-refractivity contribution < 1.29 is 19.4 Å². The number of ketones is 1. The number of carbonyl (C=O) groups excluding carboxylic acids is 2. The Hall–Kier alpha value is -2.60. The van der Waals surface area contributed by atoms with Crippen LogP contribution in [0.2, 0.25) is 0 Å². The Morgan fingerprint density at radius 2 is 2.08 bits per heavy atom. The predicted molar refractivity (Wildman–Crippen MR) is 99.1 cm³/mol. The number of methoxy groups -OCH3 is 1. The molecule has 5 nitrogen and oxygen atoms in total. The SMILES string of the molecule is COc1cc(C=CC(=O)c2ccc3c(c2)CCC(=O)N3)cc(Br)c1O. The summed E-state index contributed by atoms with van der Waals surface area (Å²) in [5.74, 6) is 0.204. The summed E-state index contributed by atoms with van der Waals surface area (Å²) >= 11 is 3.25. The van der Waals surface area contributed by atoms with Gasteiger partial charge in [-0.2, -0.15) is 0 Å². The Kier molecular flexibility index (Phi) is 4.90. The highest BCUT2D eigenvalue weighted by atomic mass is 79.9. The first-order chi connectivity index (χ1) is 12.0. The molecular weight excluding hydrogens is 386 g/mol. The number of ether oxygens (including phenoxy) is 1. The highest BCUT2D eigenvalue weighted by Gasteiger charge is 2.16. The lowest BCUT2D eigenvalue weighted by Crippen LogP contribution is -2.19. The van der Waals surface area contributed by atoms with Gasteiger partial charge in [0.1, 0.15) is 0 Å². The number of aromatic hydroxyl groups is 1. The summed E-state index contributed by atoms with van der Waals surface area (Å²) < 4.78 is 5.58. The average Bonchev–Trinajstić information content (AvgIpc) is 2.61. The molecule has 0 spiro atoms. The van der Waals surface area contributed by atoms with Crippen molar-refractivity contribution in [2.75, 3.05) is 12.4 Å². The highest BCUT2D eigenvalue weighted by molar-refractivity contribution is 9.10. The quantitative estimate of drug-likeness (QED) is 0.600. The molecule has 1 heterocycles. The molecule has 1 amide bonds. The molecule has 0 saturated heterocycles. The first-order valence-electron chi connectivity index (χ1n) is 7.69. The molecule has 0 unspecified atom stereocenters. The number of phenolic OH excluding ortho intramolecular Hbond substituents is 1. The monoisotopic (exact) mass is 401 g/mol. The molecule has 1 aliphatic rings. The summed E-state index contributed by atoms with van der Waals surface area (Å²) in [7, 11) is 1.46. The van der Waals surface area contributed by atoms with E-state index < -0.39 is 0 Å². The molecule has 0 radical (unpaired) electrons. The molecule has 0 aromatic heterocycles. The minimum atomic E-state index is -0.136. The molecule has 1 aliphatic heterocycles. The minimum absolute atomic E-state index is 0.00155. The zero-order valence-corrected chi connectivity index (χ0v) is 15.1. The summed E-state index contributed by atoms with van der Waals surface area (Å²) in [6, 6.07) is 8.61. The molecule has 0 aliphatic carbocycles. The van der Waals surface area contributed by atoms with Gasteiger partial charge in [0.2, 0.25) is 5.91 Å². The van der Waals surface area contributed by atoms with Gasteiger partial charge in [-0.15, -0.1) is 0 Å². The Morgan fingerprint density at radius 1 is 1.28 bits per heavy atom. The Labute approximate surface area is 153 Å². The fourth-order valence-corrected chi connectivity index (χ4v) is 3.11. The van der Waals surface area contributed by atoms with Crippen LogP contribution in [0.1, 0.15) is 27.9 Å². The molecule has 25 heavy (non-hydrogen) atoms. The number of rotatable bonds is 4. The zero-order chi connectivity index (χ0) is 18.0. The van der Waals surface area contributed by atoms with Crippen molar-refractivity contribution in [3.05, 3.63) is 57.6 Å². The maximum absolute atomic E-state index is 12.4. The minimum Gasteiger partial charge on any atom is -0.503 e. The fourth-order valence-electron chi connectivity index (χ4n) is 2.65. The van der Waals surface area contributed by atoms with Gasteiger partial charge in [0.05, 0.1) is 11.6 Å². The second kappa shape index (κ2) is 7.11. The van der Waals surface area contributed by atoms with Crippen LogP contribution in [0.4, 0.5) is 5.69 Å². The molecule has 2 aromatic rings. The third kappa shape index (κ3) is 3.74. The van der Waals surface area contributed by atoms with Crippen LogP contribution in [0.3, 0.4) is 0 Å². The van der Waals surface area contributed by atoms with E-state index >= 15 is 0 Å². The molecule has 3 rings (SSSR count). The maximum Gasteiger partial charge on any atom is 0.224 e. The van der Waals surface area contributed by atoms with Gasteiger partial charge in [-0.05, 0) is 69.9 Å². The number of carbonyl (C=O) groups is 2. The molecule has 0 saturated carbocycles. The summed E-state index contributed by atoms with van der Waals surface area (Å²) in [6.45, 7) is 0. The van der Waals surface area contributed by atoms with Crippen molar-refractivity contribution in [3.63, 3.8) is 0 Å². The number of aryl methyl sites for hydroxylation is 1. The number of fused-ring (bicyclic) bond motifs is 1. The van der Waals surface area contributed by atoms with Crippen molar-refractivity contribution in [3.8, 4) is 11.5 Å². The lowest BCUT2D eigenvalue weighted by molar-refractivity contribution is -0.116. The molecule has 0 atom stereocenters. The van der Waals surface area contributed by atoms with Crippen molar-refractivity contribution >= 4 is 39.4 Å². The van der Waals surface area contributed by atoms with Crippen LogP contribution in [0, 0.1) is 0 Å². The van der Waals surface area contributed by atoms with Gasteiger partial charge in [0, 0.05) is 17.7 Å². The lowest BCUT2D eigenvalue weighted by Gasteiger charge is -2.16. The maximum atomic E-state index is 12.4. The molecular formula is C19H16BrNO4. The van der Waals surface area contributed by atoms with E-state index in [0.717, 1.165) is 16.8 Å². The van der Waals surface area contributed by atoms with Crippen molar-refractivity contribution in [1.29, 1.82) is 0 Å². The smallest absolute Gasteiger partial charge is 0.224 e. The number of hydrogen-bond acceptors (Lipinski definition) is 4. The summed E-state index contributed by atoms with van der Waals surface area (Å²) in [5.41, 5.74) is 3.02. The van der Waals surface area contributed by atoms with Crippen LogP contribution in [0.25, 0.3) is 6.08 Å². The van der Waals surface area contributed by atoms with Crippen molar-refractivity contribution in [2.24, 2.45) is 0 Å². The number of benzene rings is 2. The number of anilines is 1. The normalized spacial score (nSPS) is 13.4. The Morgan fingerprint density at radius 3 is 2.84 bits per heavy atom. The van der Waals surface area contributed by atoms with Gasteiger partial charge < -0.3 is 15.2 Å². The zero-order valence-electron chi connectivity index (χ0n) is 13.5. The summed E-state index contributed by atoms with van der Waals surface area (Å²) in [6.07, 6.45) is 4.20. The molecule has 2 N–H and O–H groups in total. The number of halogens is 1. The molecule has 0 bridgehead atoms. The van der Waals surface area contributed by atoms with Crippen molar-refractivity contribution in [1.82, 2.24) is 0 Å². The second-order valence-corrected chi connectivity index (χ2v) is 6.53. The van der Waals surface area contributed by atoms with Crippen LogP contribution in [-0.2, 0) is 11.2 Å². The Balaban J connectivity index is 1.82. The number of hydrogen-bond donors (Lipinski definition) is 2. The van der Waals surface area contributed by atoms with Crippen LogP contribution in [0.5, 0.6) is 11.5 Å². The third-order valence-corrected chi connectivity index (χ3v) is 4.59. The van der Waals surface area contributed by atoms with Crippen LogP contribution in [-0.4, -0.2) is 23.9 Å². The number of nitrogens with one attached hydrogen (secondary N) is 1. The largest absolute Gasteiger partial charge is 0.503 e. The second-order valence-electron chi connectivity index (χ2n) is 5.67. The number of amides is 1. The first-order valence-corrected chi connectivity index (χ1v) is 8.49. The Bertz CT molecular complexity index is 889. The van der Waals surface area contributed by atoms with Gasteiger partial charge in [-0.25, -0.2) is 0 Å². The lowest BCUT2D eigenvalue weighted by atomic mass is 9.98. The van der Waals surface area contributed by atoms with Gasteiger partial charge in [0.25, 0.3) is 0 Å². The average molecular weight is 402 g/mol. The van der Waals surface area contributed by atoms with E-state index in [1.807, 2.05) is 6.07 Å². The van der Waals surface area contributed by atoms with E-state index in [-0.39, 0.29) is 17.4 Å². The predicted octanol–water partition coefficient (Wildman–Crippen LogP) is 3.94. The first kappa shape index (κ1) is 17.2. The topological polar surface area (TPSA) is 75.6 Å². The van der Waals surface area contributed by atoms with Crippen molar-refractivity contribution in [2.45, 2.75) is 12.8 Å². The molecule has 128 valence electrons. The van der Waals surface area contributed by atoms with Crippen LogP contribution in [0.15, 0.2) is 40.9 Å². The third-order valence-electron chi connectivity index (χ3n) is 3.98. The van der Waals surface area contributed by atoms with E-state index in [9.17, 15) is 14.7 Å².